The Morgan fingerprint density at radius 2 is 1.42 bits per heavy atom. The van der Waals surface area contributed by atoms with E-state index in [1.807, 2.05) is 13.8 Å². The topological polar surface area (TPSA) is 23.6 Å². The van der Waals surface area contributed by atoms with Crippen molar-refractivity contribution < 1.29 is 4.79 Å². The number of rotatable bonds is 1. The van der Waals surface area contributed by atoms with Crippen LogP contribution in [0.3, 0.4) is 0 Å². The van der Waals surface area contributed by atoms with Crippen LogP contribution >= 0.6 is 11.6 Å². The fourth-order valence-electron chi connectivity index (χ4n) is 1.48. The van der Waals surface area contributed by atoms with E-state index in [0.717, 1.165) is 6.29 Å². The Balaban J connectivity index is 0.000000303. The van der Waals surface area contributed by atoms with E-state index in [4.69, 9.17) is 11.6 Å². The molecule has 1 fully saturated rings. The Kier molecular flexibility index (Phi) is 10.5. The lowest BCUT2D eigenvalue weighted by molar-refractivity contribution is 0.112. The van der Waals surface area contributed by atoms with Crippen LogP contribution in [0, 0.1) is 0 Å². The molecule has 0 N–H and O–H groups in total. The minimum absolute atomic E-state index is 0.507. The quantitative estimate of drug-likeness (QED) is 0.741. The van der Waals surface area contributed by atoms with Crippen molar-refractivity contribution in [1.82, 2.24) is 9.80 Å². The van der Waals surface area contributed by atoms with Crippen LogP contribution in [0.25, 0.3) is 0 Å². The average molecular weight is 285 g/mol. The monoisotopic (exact) mass is 284 g/mol. The van der Waals surface area contributed by atoms with E-state index in [1.165, 1.54) is 26.2 Å². The first-order valence-electron chi connectivity index (χ1n) is 6.70. The summed E-state index contributed by atoms with van der Waals surface area (Å²) in [6.45, 7) is 8.93. The highest BCUT2D eigenvalue weighted by Crippen LogP contribution is 2.11. The standard InChI is InChI=1S/C7H5ClO.C6H14N2.C2H6/c8-7-4-2-1-3-6(7)5-9;1-7-3-5-8(2)6-4-7;1-2/h1-5H;3-6H2,1-2H3;1-2H3. The van der Waals surface area contributed by atoms with Gasteiger partial charge in [0.05, 0.1) is 5.02 Å². The normalized spacial score (nSPS) is 15.6. The van der Waals surface area contributed by atoms with Gasteiger partial charge in [-0.25, -0.2) is 0 Å². The highest BCUT2D eigenvalue weighted by atomic mass is 35.5. The smallest absolute Gasteiger partial charge is 0.151 e. The van der Waals surface area contributed by atoms with Crippen LogP contribution in [0.5, 0.6) is 0 Å². The molecule has 0 spiro atoms. The SMILES string of the molecule is CC.CN1CCN(C)CC1.O=Cc1ccccc1Cl. The zero-order valence-corrected chi connectivity index (χ0v) is 13.2. The average Bonchev–Trinajstić information content (AvgIpc) is 2.46. The molecule has 0 atom stereocenters. The van der Waals surface area contributed by atoms with Crippen molar-refractivity contribution in [2.75, 3.05) is 40.3 Å². The van der Waals surface area contributed by atoms with Gasteiger partial charge in [0.25, 0.3) is 0 Å². The number of likely N-dealkylation sites (N-methyl/N-ethyl adjacent to an activating group) is 2. The highest BCUT2D eigenvalue weighted by Gasteiger charge is 2.07. The van der Waals surface area contributed by atoms with Crippen LogP contribution in [-0.4, -0.2) is 56.4 Å². The number of aldehydes is 1. The van der Waals surface area contributed by atoms with Gasteiger partial charge in [-0.2, -0.15) is 0 Å². The summed E-state index contributed by atoms with van der Waals surface area (Å²) in [5.41, 5.74) is 0.541. The molecule has 0 amide bonds. The minimum Gasteiger partial charge on any atom is -0.304 e. The van der Waals surface area contributed by atoms with Gasteiger partial charge in [-0.15, -0.1) is 0 Å². The van der Waals surface area contributed by atoms with Gasteiger partial charge in [-0.1, -0.05) is 43.6 Å². The highest BCUT2D eigenvalue weighted by molar-refractivity contribution is 6.32. The van der Waals surface area contributed by atoms with Crippen molar-refractivity contribution in [1.29, 1.82) is 0 Å². The zero-order chi connectivity index (χ0) is 14.7. The maximum absolute atomic E-state index is 10.1. The Morgan fingerprint density at radius 3 is 1.74 bits per heavy atom. The third-order valence-electron chi connectivity index (χ3n) is 2.76. The van der Waals surface area contributed by atoms with Crippen LogP contribution in [0.15, 0.2) is 24.3 Å². The number of carbonyl (C=O) groups excluding carboxylic acids is 1. The number of nitrogens with zero attached hydrogens (tertiary/aromatic N) is 2. The molecule has 1 aromatic carbocycles. The molecule has 0 unspecified atom stereocenters. The molecule has 108 valence electrons. The molecule has 1 saturated heterocycles. The van der Waals surface area contributed by atoms with Crippen molar-refractivity contribution in [3.63, 3.8) is 0 Å². The number of hydrogen-bond acceptors (Lipinski definition) is 3. The van der Waals surface area contributed by atoms with Crippen LogP contribution in [0.4, 0.5) is 0 Å². The largest absolute Gasteiger partial charge is 0.304 e. The molecule has 1 aromatic rings. The van der Waals surface area contributed by atoms with Crippen LogP contribution < -0.4 is 0 Å². The third-order valence-corrected chi connectivity index (χ3v) is 3.10. The summed E-state index contributed by atoms with van der Waals surface area (Å²) in [6, 6.07) is 6.92. The summed E-state index contributed by atoms with van der Waals surface area (Å²) in [5, 5.41) is 0.507. The molecule has 1 aliphatic heterocycles. The fourth-order valence-corrected chi connectivity index (χ4v) is 1.66. The molecule has 0 saturated carbocycles. The van der Waals surface area contributed by atoms with Crippen molar-refractivity contribution in [3.05, 3.63) is 34.9 Å². The second kappa shape index (κ2) is 11.0. The first-order chi connectivity index (χ1) is 9.13. The van der Waals surface area contributed by atoms with Crippen molar-refractivity contribution in [2.24, 2.45) is 0 Å². The van der Waals surface area contributed by atoms with Gasteiger partial charge in [-0.3, -0.25) is 4.79 Å². The van der Waals surface area contributed by atoms with Crippen molar-refractivity contribution in [2.45, 2.75) is 13.8 Å². The first kappa shape index (κ1) is 18.1. The van der Waals surface area contributed by atoms with Gasteiger partial charge in [0, 0.05) is 31.7 Å². The molecule has 4 heteroatoms. The van der Waals surface area contributed by atoms with E-state index in [9.17, 15) is 4.79 Å². The molecule has 0 bridgehead atoms. The molecule has 0 radical (unpaired) electrons. The minimum atomic E-state index is 0.507. The molecule has 1 heterocycles. The predicted octanol–water partition coefficient (Wildman–Crippen LogP) is 3.04. The third kappa shape index (κ3) is 7.98. The molecule has 0 aliphatic carbocycles. The van der Waals surface area contributed by atoms with Gasteiger partial charge < -0.3 is 9.80 Å². The van der Waals surface area contributed by atoms with Gasteiger partial charge in [0.2, 0.25) is 0 Å². The molecule has 1 aliphatic rings. The lowest BCUT2D eigenvalue weighted by Crippen LogP contribution is -2.42. The van der Waals surface area contributed by atoms with Gasteiger partial charge in [0.15, 0.2) is 6.29 Å². The molecule has 3 nitrogen and oxygen atoms in total. The number of hydrogen-bond donors (Lipinski definition) is 0. The first-order valence-corrected chi connectivity index (χ1v) is 7.08. The summed E-state index contributed by atoms with van der Waals surface area (Å²) < 4.78 is 0. The second-order valence-electron chi connectivity index (χ2n) is 4.25. The van der Waals surface area contributed by atoms with E-state index < -0.39 is 0 Å². The lowest BCUT2D eigenvalue weighted by atomic mass is 10.2. The molecule has 2 rings (SSSR count). The van der Waals surface area contributed by atoms with E-state index in [-0.39, 0.29) is 0 Å². The zero-order valence-electron chi connectivity index (χ0n) is 12.4. The van der Waals surface area contributed by atoms with E-state index in [1.54, 1.807) is 24.3 Å². The fraction of sp³-hybridized carbons (Fsp3) is 0.533. The van der Waals surface area contributed by atoms with Crippen molar-refractivity contribution in [3.8, 4) is 0 Å². The molecule has 0 aromatic heterocycles. The maximum Gasteiger partial charge on any atom is 0.151 e. The Labute approximate surface area is 122 Å². The summed E-state index contributed by atoms with van der Waals surface area (Å²) in [6.07, 6.45) is 0.738. The van der Waals surface area contributed by atoms with E-state index >= 15 is 0 Å². The predicted molar refractivity (Wildman–Crippen MR) is 83.2 cm³/mol. The number of carbonyl (C=O) groups is 1. The Morgan fingerprint density at radius 1 is 1.00 bits per heavy atom. The summed E-state index contributed by atoms with van der Waals surface area (Å²) in [7, 11) is 4.35. The number of halogens is 1. The molecular formula is C15H25ClN2O. The lowest BCUT2D eigenvalue weighted by Gasteiger charge is -2.28. The molecular weight excluding hydrogens is 260 g/mol. The van der Waals surface area contributed by atoms with Gasteiger partial charge >= 0.3 is 0 Å². The number of piperazine rings is 1. The maximum atomic E-state index is 10.1. The van der Waals surface area contributed by atoms with Crippen LogP contribution in [-0.2, 0) is 0 Å². The Hall–Kier alpha value is -0.900. The summed E-state index contributed by atoms with van der Waals surface area (Å²) in [5.74, 6) is 0. The summed E-state index contributed by atoms with van der Waals surface area (Å²) in [4.78, 5) is 14.9. The Bertz CT molecular complexity index is 340. The van der Waals surface area contributed by atoms with Gasteiger partial charge in [0.1, 0.15) is 0 Å². The molecule has 19 heavy (non-hydrogen) atoms. The van der Waals surface area contributed by atoms with E-state index in [0.29, 0.717) is 10.6 Å². The van der Waals surface area contributed by atoms with Gasteiger partial charge in [-0.05, 0) is 20.2 Å². The second-order valence-corrected chi connectivity index (χ2v) is 4.65. The van der Waals surface area contributed by atoms with Crippen LogP contribution in [0.2, 0.25) is 5.02 Å². The van der Waals surface area contributed by atoms with Crippen molar-refractivity contribution >= 4 is 17.9 Å². The van der Waals surface area contributed by atoms with E-state index in [2.05, 4.69) is 23.9 Å². The number of benzene rings is 1. The van der Waals surface area contributed by atoms with Crippen LogP contribution in [0.1, 0.15) is 24.2 Å². The summed E-state index contributed by atoms with van der Waals surface area (Å²) >= 11 is 5.59.